The van der Waals surface area contributed by atoms with E-state index in [0.29, 0.717) is 11.5 Å². The fourth-order valence-corrected chi connectivity index (χ4v) is 3.39. The molecule has 4 heteroatoms. The average molecular weight is 319 g/mol. The quantitative estimate of drug-likeness (QED) is 0.830. The van der Waals surface area contributed by atoms with Crippen molar-refractivity contribution in [3.8, 4) is 0 Å². The number of nitrogens with zero attached hydrogens (tertiary/aromatic N) is 1. The lowest BCUT2D eigenvalue weighted by Crippen LogP contribution is -2.42. The van der Waals surface area contributed by atoms with Crippen LogP contribution in [0.3, 0.4) is 0 Å². The molecule has 2 fully saturated rings. The van der Waals surface area contributed by atoms with Crippen LogP contribution in [0.25, 0.3) is 0 Å². The van der Waals surface area contributed by atoms with Crippen molar-refractivity contribution < 1.29 is 13.9 Å². The summed E-state index contributed by atoms with van der Waals surface area (Å²) < 4.78 is 19.7. The Morgan fingerprint density at radius 1 is 1.30 bits per heavy atom. The third kappa shape index (κ3) is 3.92. The van der Waals surface area contributed by atoms with Crippen LogP contribution >= 0.6 is 0 Å². The van der Waals surface area contributed by atoms with Gasteiger partial charge in [0.2, 0.25) is 5.91 Å². The molecule has 3 nitrogen and oxygen atoms in total. The second kappa shape index (κ2) is 7.00. The summed E-state index contributed by atoms with van der Waals surface area (Å²) in [5.74, 6) is 0.593. The second-order valence-corrected chi connectivity index (χ2v) is 7.22. The molecule has 1 aromatic rings. The molecule has 1 saturated heterocycles. The van der Waals surface area contributed by atoms with E-state index in [1.54, 1.807) is 12.1 Å². The number of hydrogen-bond donors (Lipinski definition) is 0. The fourth-order valence-electron chi connectivity index (χ4n) is 3.39. The average Bonchev–Trinajstić information content (AvgIpc) is 3.33. The van der Waals surface area contributed by atoms with Crippen LogP contribution < -0.4 is 0 Å². The lowest BCUT2D eigenvalue weighted by atomic mass is 10.1. The van der Waals surface area contributed by atoms with Gasteiger partial charge in [0, 0.05) is 25.6 Å². The van der Waals surface area contributed by atoms with Gasteiger partial charge in [0.05, 0.1) is 6.10 Å². The molecular formula is C19H26FNO2. The van der Waals surface area contributed by atoms with Gasteiger partial charge >= 0.3 is 0 Å². The maximum Gasteiger partial charge on any atom is 0.226 e. The second-order valence-electron chi connectivity index (χ2n) is 7.22. The number of carbonyl (C=O) groups is 1. The number of ether oxygens (including phenoxy) is 1. The van der Waals surface area contributed by atoms with E-state index >= 15 is 0 Å². The molecular weight excluding hydrogens is 293 g/mol. The van der Waals surface area contributed by atoms with E-state index in [4.69, 9.17) is 4.74 Å². The molecule has 2 aliphatic rings. The molecule has 1 heterocycles. The smallest absolute Gasteiger partial charge is 0.226 e. The molecule has 3 rings (SSSR count). The van der Waals surface area contributed by atoms with Crippen LogP contribution in [0.1, 0.15) is 44.6 Å². The molecule has 1 aliphatic carbocycles. The van der Waals surface area contributed by atoms with Gasteiger partial charge in [-0.15, -0.1) is 0 Å². The number of halogens is 1. The third-order valence-corrected chi connectivity index (χ3v) is 4.83. The van der Waals surface area contributed by atoms with Crippen LogP contribution in [0.5, 0.6) is 0 Å². The predicted molar refractivity (Wildman–Crippen MR) is 87.6 cm³/mol. The zero-order valence-corrected chi connectivity index (χ0v) is 14.0. The number of piperidine rings is 1. The van der Waals surface area contributed by atoms with Crippen LogP contribution in [0.4, 0.5) is 4.39 Å². The Morgan fingerprint density at radius 2 is 2.00 bits per heavy atom. The molecule has 23 heavy (non-hydrogen) atoms. The first-order valence-electron chi connectivity index (χ1n) is 8.71. The molecule has 2 atom stereocenters. The molecule has 1 aromatic carbocycles. The summed E-state index contributed by atoms with van der Waals surface area (Å²) >= 11 is 0. The van der Waals surface area contributed by atoms with Crippen LogP contribution in [0.2, 0.25) is 0 Å². The summed E-state index contributed by atoms with van der Waals surface area (Å²) in [6, 6.07) is 6.82. The maximum absolute atomic E-state index is 13.8. The molecule has 0 unspecified atom stereocenters. The van der Waals surface area contributed by atoms with E-state index in [1.807, 2.05) is 11.0 Å². The minimum absolute atomic E-state index is 0.0277. The lowest BCUT2D eigenvalue weighted by molar-refractivity contribution is -0.135. The third-order valence-electron chi connectivity index (χ3n) is 4.83. The highest BCUT2D eigenvalue weighted by Gasteiger charge is 2.47. The lowest BCUT2D eigenvalue weighted by Gasteiger charge is -2.32. The minimum Gasteiger partial charge on any atom is -0.378 e. The highest BCUT2D eigenvalue weighted by atomic mass is 19.1. The van der Waals surface area contributed by atoms with E-state index in [-0.39, 0.29) is 29.7 Å². The van der Waals surface area contributed by atoms with Crippen LogP contribution in [-0.2, 0) is 9.53 Å². The van der Waals surface area contributed by atoms with Crippen molar-refractivity contribution in [3.63, 3.8) is 0 Å². The topological polar surface area (TPSA) is 29.5 Å². The Labute approximate surface area is 137 Å². The first-order chi connectivity index (χ1) is 11.1. The van der Waals surface area contributed by atoms with Crippen molar-refractivity contribution in [3.05, 3.63) is 35.6 Å². The van der Waals surface area contributed by atoms with Gasteiger partial charge in [-0.2, -0.15) is 0 Å². The largest absolute Gasteiger partial charge is 0.378 e. The Hall–Kier alpha value is -1.42. The highest BCUT2D eigenvalue weighted by Crippen LogP contribution is 2.49. The van der Waals surface area contributed by atoms with Crippen LogP contribution in [-0.4, -0.2) is 36.6 Å². The Balaban J connectivity index is 1.49. The van der Waals surface area contributed by atoms with Crippen molar-refractivity contribution in [2.24, 2.45) is 11.8 Å². The summed E-state index contributed by atoms with van der Waals surface area (Å²) in [6.45, 7) is 6.62. The summed E-state index contributed by atoms with van der Waals surface area (Å²) in [4.78, 5) is 14.5. The SMILES string of the molecule is CC(C)COC1CCN(C(=O)[C@@H]2C[C@H]2c2ccccc2F)CC1. The van der Waals surface area contributed by atoms with Gasteiger partial charge in [0.1, 0.15) is 5.82 Å². The van der Waals surface area contributed by atoms with Gasteiger partial charge in [-0.1, -0.05) is 32.0 Å². The Kier molecular flexibility index (Phi) is 5.00. The summed E-state index contributed by atoms with van der Waals surface area (Å²) in [7, 11) is 0. The number of amides is 1. The summed E-state index contributed by atoms with van der Waals surface area (Å²) in [6.07, 6.45) is 2.89. The molecule has 0 aromatic heterocycles. The van der Waals surface area contributed by atoms with Crippen molar-refractivity contribution in [1.29, 1.82) is 0 Å². The summed E-state index contributed by atoms with van der Waals surface area (Å²) in [5.41, 5.74) is 0.695. The van der Waals surface area contributed by atoms with Gasteiger partial charge in [-0.3, -0.25) is 4.79 Å². The van der Waals surface area contributed by atoms with Crippen LogP contribution in [0, 0.1) is 17.7 Å². The molecule has 1 aliphatic heterocycles. The molecule has 126 valence electrons. The number of benzene rings is 1. The van der Waals surface area contributed by atoms with Crippen molar-refractivity contribution in [2.75, 3.05) is 19.7 Å². The van der Waals surface area contributed by atoms with Crippen molar-refractivity contribution >= 4 is 5.91 Å². The van der Waals surface area contributed by atoms with Gasteiger partial charge in [0.25, 0.3) is 0 Å². The first-order valence-corrected chi connectivity index (χ1v) is 8.71. The van der Waals surface area contributed by atoms with Gasteiger partial charge in [-0.25, -0.2) is 4.39 Å². The maximum atomic E-state index is 13.8. The van der Waals surface area contributed by atoms with Crippen molar-refractivity contribution in [1.82, 2.24) is 4.90 Å². The van der Waals surface area contributed by atoms with E-state index in [1.165, 1.54) is 6.07 Å². The van der Waals surface area contributed by atoms with E-state index < -0.39 is 0 Å². The molecule has 1 saturated carbocycles. The van der Waals surface area contributed by atoms with Gasteiger partial charge in [0.15, 0.2) is 0 Å². The zero-order valence-electron chi connectivity index (χ0n) is 14.0. The molecule has 0 bridgehead atoms. The normalized spacial score (nSPS) is 25.0. The molecule has 0 spiro atoms. The van der Waals surface area contributed by atoms with Gasteiger partial charge < -0.3 is 9.64 Å². The first kappa shape index (κ1) is 16.4. The monoisotopic (exact) mass is 319 g/mol. The van der Waals surface area contributed by atoms with E-state index in [2.05, 4.69) is 13.8 Å². The standard InChI is InChI=1S/C19H26FNO2/c1-13(2)12-23-14-7-9-21(10-8-14)19(22)17-11-16(17)15-5-3-4-6-18(15)20/h3-6,13-14,16-17H,7-12H2,1-2H3/t16-,17+/m0/s1. The minimum atomic E-state index is -0.186. The van der Waals surface area contributed by atoms with Crippen LogP contribution in [0.15, 0.2) is 24.3 Å². The zero-order chi connectivity index (χ0) is 16.4. The predicted octanol–water partition coefficient (Wildman–Crippen LogP) is 3.59. The number of likely N-dealkylation sites (tertiary alicyclic amines) is 1. The molecule has 0 radical (unpaired) electrons. The molecule has 1 amide bonds. The number of carbonyl (C=O) groups excluding carboxylic acids is 1. The molecule has 0 N–H and O–H groups in total. The fraction of sp³-hybridized carbons (Fsp3) is 0.632. The van der Waals surface area contributed by atoms with Crippen molar-refractivity contribution in [2.45, 2.75) is 45.1 Å². The van der Waals surface area contributed by atoms with E-state index in [0.717, 1.165) is 39.0 Å². The Morgan fingerprint density at radius 3 is 2.65 bits per heavy atom. The summed E-state index contributed by atoms with van der Waals surface area (Å²) in [5, 5.41) is 0. The van der Waals surface area contributed by atoms with Gasteiger partial charge in [-0.05, 0) is 42.7 Å². The highest BCUT2D eigenvalue weighted by molar-refractivity contribution is 5.83. The van der Waals surface area contributed by atoms with E-state index in [9.17, 15) is 9.18 Å². The number of hydrogen-bond acceptors (Lipinski definition) is 2. The Bertz CT molecular complexity index is 552. The number of rotatable bonds is 5.